The lowest BCUT2D eigenvalue weighted by molar-refractivity contribution is 0.0897. The van der Waals surface area contributed by atoms with E-state index in [4.69, 9.17) is 4.74 Å². The summed E-state index contributed by atoms with van der Waals surface area (Å²) in [6.07, 6.45) is 1.84. The predicted octanol–water partition coefficient (Wildman–Crippen LogP) is 0.790. The molecule has 1 aromatic heterocycles. The van der Waals surface area contributed by atoms with Crippen LogP contribution in [0, 0.1) is 0 Å². The largest absolute Gasteiger partial charge is 0.383 e. The van der Waals surface area contributed by atoms with E-state index in [0.717, 1.165) is 0 Å². The Bertz CT molecular complexity index is 307. The first-order valence-electron chi connectivity index (χ1n) is 4.56. The van der Waals surface area contributed by atoms with Crippen molar-refractivity contribution in [2.75, 3.05) is 13.7 Å². The van der Waals surface area contributed by atoms with E-state index >= 15 is 0 Å². The Labute approximate surface area is 83.9 Å². The molecule has 0 fully saturated rings. The Balaban J connectivity index is 2.55. The normalized spacial score (nSPS) is 12.5. The quantitative estimate of drug-likeness (QED) is 0.773. The molecule has 0 saturated carbocycles. The molecule has 0 aromatic carbocycles. The Morgan fingerprint density at radius 2 is 2.43 bits per heavy atom. The number of carbonyl (C=O) groups excluding carboxylic acids is 1. The maximum absolute atomic E-state index is 11.6. The molecule has 1 heterocycles. The standard InChI is InChI=1S/C10H16N2O2/c1-8(7-14-3)11-10(13)9-5-4-6-12(9)2/h4-6,8H,7H2,1-3H3,(H,11,13)/t8-/m0/s1. The number of amides is 1. The van der Waals surface area contributed by atoms with E-state index in [1.54, 1.807) is 17.7 Å². The topological polar surface area (TPSA) is 43.3 Å². The number of methoxy groups -OCH3 is 1. The molecule has 0 aliphatic rings. The molecule has 78 valence electrons. The van der Waals surface area contributed by atoms with Gasteiger partial charge in [0, 0.05) is 26.4 Å². The van der Waals surface area contributed by atoms with Crippen molar-refractivity contribution in [1.82, 2.24) is 9.88 Å². The van der Waals surface area contributed by atoms with Crippen LogP contribution in [0.2, 0.25) is 0 Å². The highest BCUT2D eigenvalue weighted by molar-refractivity contribution is 5.92. The van der Waals surface area contributed by atoms with Gasteiger partial charge in [0.2, 0.25) is 0 Å². The van der Waals surface area contributed by atoms with E-state index in [9.17, 15) is 4.79 Å². The number of ether oxygens (including phenoxy) is 1. The molecule has 0 bridgehead atoms. The van der Waals surface area contributed by atoms with Crippen LogP contribution in [0.5, 0.6) is 0 Å². The lowest BCUT2D eigenvalue weighted by atomic mass is 10.3. The summed E-state index contributed by atoms with van der Waals surface area (Å²) >= 11 is 0. The molecule has 14 heavy (non-hydrogen) atoms. The molecule has 0 saturated heterocycles. The number of rotatable bonds is 4. The van der Waals surface area contributed by atoms with Crippen molar-refractivity contribution < 1.29 is 9.53 Å². The molecule has 1 aromatic rings. The van der Waals surface area contributed by atoms with Gasteiger partial charge in [0.05, 0.1) is 6.61 Å². The molecule has 1 atom stereocenters. The average Bonchev–Trinajstić information content (AvgIpc) is 2.51. The van der Waals surface area contributed by atoms with Crippen LogP contribution in [0.3, 0.4) is 0 Å². The second-order valence-corrected chi connectivity index (χ2v) is 3.33. The van der Waals surface area contributed by atoms with Crippen LogP contribution >= 0.6 is 0 Å². The number of nitrogens with one attached hydrogen (secondary N) is 1. The monoisotopic (exact) mass is 196 g/mol. The van der Waals surface area contributed by atoms with Crippen LogP contribution in [0.4, 0.5) is 0 Å². The average molecular weight is 196 g/mol. The minimum atomic E-state index is -0.0675. The third-order valence-corrected chi connectivity index (χ3v) is 1.97. The van der Waals surface area contributed by atoms with Gasteiger partial charge in [-0.1, -0.05) is 0 Å². The molecule has 4 heteroatoms. The maximum atomic E-state index is 11.6. The van der Waals surface area contributed by atoms with E-state index in [0.29, 0.717) is 12.3 Å². The number of nitrogens with zero attached hydrogens (tertiary/aromatic N) is 1. The lowest BCUT2D eigenvalue weighted by Crippen LogP contribution is -2.36. The fourth-order valence-electron chi connectivity index (χ4n) is 1.29. The van der Waals surface area contributed by atoms with Crippen molar-refractivity contribution in [2.24, 2.45) is 7.05 Å². The number of hydrogen-bond donors (Lipinski definition) is 1. The third-order valence-electron chi connectivity index (χ3n) is 1.97. The molecule has 0 spiro atoms. The lowest BCUT2D eigenvalue weighted by Gasteiger charge is -2.12. The van der Waals surface area contributed by atoms with Gasteiger partial charge in [0.15, 0.2) is 0 Å². The molecule has 0 aliphatic carbocycles. The van der Waals surface area contributed by atoms with Crippen molar-refractivity contribution >= 4 is 5.91 Å². The molecule has 0 radical (unpaired) electrons. The minimum Gasteiger partial charge on any atom is -0.383 e. The SMILES string of the molecule is COC[C@H](C)NC(=O)c1cccn1C. The molecule has 0 unspecified atom stereocenters. The first-order valence-corrected chi connectivity index (χ1v) is 4.56. The second kappa shape index (κ2) is 4.81. The number of aromatic nitrogens is 1. The Morgan fingerprint density at radius 1 is 1.71 bits per heavy atom. The van der Waals surface area contributed by atoms with Gasteiger partial charge in [-0.05, 0) is 19.1 Å². The molecule has 1 N–H and O–H groups in total. The smallest absolute Gasteiger partial charge is 0.268 e. The van der Waals surface area contributed by atoms with Crippen LogP contribution in [-0.4, -0.2) is 30.2 Å². The summed E-state index contributed by atoms with van der Waals surface area (Å²) in [5, 5.41) is 2.84. The van der Waals surface area contributed by atoms with Crippen molar-refractivity contribution in [3.8, 4) is 0 Å². The van der Waals surface area contributed by atoms with Crippen molar-refractivity contribution in [1.29, 1.82) is 0 Å². The van der Waals surface area contributed by atoms with Gasteiger partial charge in [-0.15, -0.1) is 0 Å². The van der Waals surface area contributed by atoms with Gasteiger partial charge in [-0.25, -0.2) is 0 Å². The fraction of sp³-hybridized carbons (Fsp3) is 0.500. The van der Waals surface area contributed by atoms with Gasteiger partial charge >= 0.3 is 0 Å². The summed E-state index contributed by atoms with van der Waals surface area (Å²) in [5.74, 6) is -0.0675. The molecule has 1 amide bonds. The number of hydrogen-bond acceptors (Lipinski definition) is 2. The van der Waals surface area contributed by atoms with Gasteiger partial charge in [-0.2, -0.15) is 0 Å². The van der Waals surface area contributed by atoms with Gasteiger partial charge in [0.1, 0.15) is 5.69 Å². The summed E-state index contributed by atoms with van der Waals surface area (Å²) < 4.78 is 6.72. The van der Waals surface area contributed by atoms with Crippen LogP contribution < -0.4 is 5.32 Å². The van der Waals surface area contributed by atoms with Gasteiger partial charge < -0.3 is 14.6 Å². The minimum absolute atomic E-state index is 0.0300. The zero-order valence-electron chi connectivity index (χ0n) is 8.78. The van der Waals surface area contributed by atoms with Crippen LogP contribution in [0.15, 0.2) is 18.3 Å². The molecule has 4 nitrogen and oxygen atoms in total. The highest BCUT2D eigenvalue weighted by Gasteiger charge is 2.11. The molecule has 1 rings (SSSR count). The number of carbonyl (C=O) groups is 1. The van der Waals surface area contributed by atoms with E-state index in [-0.39, 0.29) is 11.9 Å². The summed E-state index contributed by atoms with van der Waals surface area (Å²) in [6.45, 7) is 2.43. The van der Waals surface area contributed by atoms with Gasteiger partial charge in [-0.3, -0.25) is 4.79 Å². The van der Waals surface area contributed by atoms with Crippen LogP contribution in [0.25, 0.3) is 0 Å². The first kappa shape index (κ1) is 10.8. The van der Waals surface area contributed by atoms with Crippen molar-refractivity contribution in [2.45, 2.75) is 13.0 Å². The zero-order chi connectivity index (χ0) is 10.6. The van der Waals surface area contributed by atoms with E-state index in [1.165, 1.54) is 0 Å². The van der Waals surface area contributed by atoms with Crippen molar-refractivity contribution in [3.05, 3.63) is 24.0 Å². The Hall–Kier alpha value is -1.29. The molecular weight excluding hydrogens is 180 g/mol. The van der Waals surface area contributed by atoms with Crippen molar-refractivity contribution in [3.63, 3.8) is 0 Å². The Kier molecular flexibility index (Phi) is 3.71. The van der Waals surface area contributed by atoms with Gasteiger partial charge in [0.25, 0.3) is 5.91 Å². The summed E-state index contributed by atoms with van der Waals surface area (Å²) in [6, 6.07) is 3.66. The highest BCUT2D eigenvalue weighted by Crippen LogP contribution is 1.99. The maximum Gasteiger partial charge on any atom is 0.268 e. The third kappa shape index (κ3) is 2.60. The summed E-state index contributed by atoms with van der Waals surface area (Å²) in [7, 11) is 3.46. The predicted molar refractivity (Wildman–Crippen MR) is 54.2 cm³/mol. The first-order chi connectivity index (χ1) is 6.65. The number of aryl methyl sites for hydroxylation is 1. The summed E-state index contributed by atoms with van der Waals surface area (Å²) in [4.78, 5) is 11.6. The molecular formula is C10H16N2O2. The van der Waals surface area contributed by atoms with Crippen LogP contribution in [-0.2, 0) is 11.8 Å². The van der Waals surface area contributed by atoms with E-state index < -0.39 is 0 Å². The highest BCUT2D eigenvalue weighted by atomic mass is 16.5. The summed E-state index contributed by atoms with van der Waals surface area (Å²) in [5.41, 5.74) is 0.660. The fourth-order valence-corrected chi connectivity index (χ4v) is 1.29. The zero-order valence-corrected chi connectivity index (χ0v) is 8.78. The van der Waals surface area contributed by atoms with Crippen LogP contribution in [0.1, 0.15) is 17.4 Å². The molecule has 0 aliphatic heterocycles. The second-order valence-electron chi connectivity index (χ2n) is 3.33. The van der Waals surface area contributed by atoms with E-state index in [1.807, 2.05) is 26.2 Å². The Morgan fingerprint density at radius 3 is 2.93 bits per heavy atom. The van der Waals surface area contributed by atoms with E-state index in [2.05, 4.69) is 5.32 Å².